The summed E-state index contributed by atoms with van der Waals surface area (Å²) in [5, 5.41) is 10.6. The predicted molar refractivity (Wildman–Crippen MR) is 55.3 cm³/mol. The number of ether oxygens (including phenoxy) is 1. The van der Waals surface area contributed by atoms with E-state index in [1.165, 1.54) is 10.8 Å². The van der Waals surface area contributed by atoms with E-state index in [0.29, 0.717) is 5.82 Å². The van der Waals surface area contributed by atoms with E-state index in [9.17, 15) is 14.9 Å². The molecule has 0 saturated heterocycles. The third-order valence-electron chi connectivity index (χ3n) is 1.91. The Kier molecular flexibility index (Phi) is 4.24. The Morgan fingerprint density at radius 2 is 2.44 bits per heavy atom. The van der Waals surface area contributed by atoms with Crippen molar-refractivity contribution in [2.24, 2.45) is 0 Å². The average molecular weight is 248 g/mol. The molecule has 16 heavy (non-hydrogen) atoms. The minimum absolute atomic E-state index is 0.0313. The number of imidazole rings is 1. The summed E-state index contributed by atoms with van der Waals surface area (Å²) in [5.74, 6) is -0.416. The molecule has 0 aromatic carbocycles. The number of hydrogen-bond acceptors (Lipinski definition) is 5. The fourth-order valence-electron chi connectivity index (χ4n) is 1.17. The summed E-state index contributed by atoms with van der Waals surface area (Å²) < 4.78 is 6.07. The first-order valence-corrected chi connectivity index (χ1v) is 4.97. The number of nitro groups is 1. The molecule has 0 radical (unpaired) electrons. The van der Waals surface area contributed by atoms with Crippen molar-refractivity contribution in [2.75, 3.05) is 12.5 Å². The highest BCUT2D eigenvalue weighted by Gasteiger charge is 2.17. The number of halogens is 1. The van der Waals surface area contributed by atoms with Crippen LogP contribution in [0.3, 0.4) is 0 Å². The van der Waals surface area contributed by atoms with Crippen molar-refractivity contribution in [1.29, 1.82) is 0 Å². The summed E-state index contributed by atoms with van der Waals surface area (Å²) in [4.78, 5) is 24.6. The van der Waals surface area contributed by atoms with E-state index in [4.69, 9.17) is 16.3 Å². The number of carbonyl (C=O) groups excluding carboxylic acids is 1. The van der Waals surface area contributed by atoms with Gasteiger partial charge in [0, 0.05) is 6.92 Å². The maximum absolute atomic E-state index is 10.7. The largest absolute Gasteiger partial charge is 0.461 e. The maximum atomic E-state index is 10.7. The van der Waals surface area contributed by atoms with Crippen molar-refractivity contribution in [3.63, 3.8) is 0 Å². The van der Waals surface area contributed by atoms with Gasteiger partial charge in [0.1, 0.15) is 25.2 Å². The molecule has 0 aliphatic heterocycles. The molecule has 1 rings (SSSR count). The van der Waals surface area contributed by atoms with Crippen LogP contribution in [0.25, 0.3) is 0 Å². The molecule has 88 valence electrons. The Balaban J connectivity index is 2.62. The van der Waals surface area contributed by atoms with Gasteiger partial charge in [-0.25, -0.2) is 9.55 Å². The van der Waals surface area contributed by atoms with Gasteiger partial charge in [-0.05, 0) is 4.92 Å². The summed E-state index contributed by atoms with van der Waals surface area (Å²) in [5.41, 5.74) is 0. The fourth-order valence-corrected chi connectivity index (χ4v) is 1.24. The number of hydrogen-bond donors (Lipinski definition) is 0. The van der Waals surface area contributed by atoms with Crippen molar-refractivity contribution in [1.82, 2.24) is 9.55 Å². The van der Waals surface area contributed by atoms with Gasteiger partial charge in [0.15, 0.2) is 5.82 Å². The predicted octanol–water partition coefficient (Wildman–Crippen LogP) is 0.882. The molecule has 1 aromatic heterocycles. The molecule has 1 heterocycles. The minimum Gasteiger partial charge on any atom is -0.461 e. The van der Waals surface area contributed by atoms with Gasteiger partial charge in [-0.1, -0.05) is 0 Å². The fraction of sp³-hybridized carbons (Fsp3) is 0.500. The molecule has 0 saturated carbocycles. The maximum Gasteiger partial charge on any atom is 0.342 e. The van der Waals surface area contributed by atoms with E-state index >= 15 is 0 Å². The summed E-state index contributed by atoms with van der Waals surface area (Å²) in [6.45, 7) is 1.85. The van der Waals surface area contributed by atoms with Crippen molar-refractivity contribution in [3.8, 4) is 0 Å². The van der Waals surface area contributed by atoms with Crippen molar-refractivity contribution in [2.45, 2.75) is 13.5 Å². The van der Waals surface area contributed by atoms with E-state index in [1.54, 1.807) is 6.92 Å². The van der Waals surface area contributed by atoms with E-state index < -0.39 is 10.9 Å². The summed E-state index contributed by atoms with van der Waals surface area (Å²) in [6.07, 6.45) is 1.17. The van der Waals surface area contributed by atoms with E-state index in [1.807, 2.05) is 0 Å². The SMILES string of the molecule is Cc1ncc([N+](=O)[O-])n1CCOC(=O)CCl. The van der Waals surface area contributed by atoms with Crippen LogP contribution in [0.2, 0.25) is 0 Å². The number of nitrogens with zero attached hydrogens (tertiary/aromatic N) is 3. The Morgan fingerprint density at radius 1 is 1.75 bits per heavy atom. The van der Waals surface area contributed by atoms with Gasteiger partial charge in [-0.3, -0.25) is 4.79 Å². The molecule has 0 aliphatic rings. The average Bonchev–Trinajstić information content (AvgIpc) is 2.60. The second-order valence-electron chi connectivity index (χ2n) is 2.93. The molecular weight excluding hydrogens is 238 g/mol. The van der Waals surface area contributed by atoms with Crippen LogP contribution in [0.4, 0.5) is 5.82 Å². The van der Waals surface area contributed by atoms with Gasteiger partial charge in [-0.15, -0.1) is 11.6 Å². The molecule has 0 atom stereocenters. The lowest BCUT2D eigenvalue weighted by Crippen LogP contribution is -2.14. The molecule has 0 amide bonds. The van der Waals surface area contributed by atoms with Crippen molar-refractivity contribution >= 4 is 23.4 Å². The molecule has 8 heteroatoms. The zero-order valence-electron chi connectivity index (χ0n) is 8.55. The highest BCUT2D eigenvalue weighted by atomic mass is 35.5. The number of rotatable bonds is 5. The van der Waals surface area contributed by atoms with Crippen LogP contribution in [0.5, 0.6) is 0 Å². The van der Waals surface area contributed by atoms with Crippen LogP contribution in [0.1, 0.15) is 5.82 Å². The van der Waals surface area contributed by atoms with Crippen LogP contribution >= 0.6 is 11.6 Å². The zero-order chi connectivity index (χ0) is 12.1. The normalized spacial score (nSPS) is 10.1. The zero-order valence-corrected chi connectivity index (χ0v) is 9.31. The Bertz CT molecular complexity index is 404. The highest BCUT2D eigenvalue weighted by molar-refractivity contribution is 6.26. The smallest absolute Gasteiger partial charge is 0.342 e. The van der Waals surface area contributed by atoms with Crippen LogP contribution in [0.15, 0.2) is 6.20 Å². The molecule has 0 fully saturated rings. The lowest BCUT2D eigenvalue weighted by molar-refractivity contribution is -0.392. The van der Waals surface area contributed by atoms with Crippen LogP contribution < -0.4 is 0 Å². The standard InChI is InChI=1S/C8H10ClN3O4/c1-6-10-5-7(12(14)15)11(6)2-3-16-8(13)4-9/h5H,2-4H2,1H3. The van der Waals surface area contributed by atoms with Crippen molar-refractivity contribution in [3.05, 3.63) is 22.1 Å². The Labute approximate surface area is 96.1 Å². The van der Waals surface area contributed by atoms with Gasteiger partial charge >= 0.3 is 11.8 Å². The van der Waals surface area contributed by atoms with Crippen molar-refractivity contribution < 1.29 is 14.5 Å². The summed E-state index contributed by atoms with van der Waals surface area (Å²) >= 11 is 5.22. The van der Waals surface area contributed by atoms with Gasteiger partial charge in [-0.2, -0.15) is 0 Å². The van der Waals surface area contributed by atoms with E-state index in [-0.39, 0.29) is 24.8 Å². The van der Waals surface area contributed by atoms with Crippen LogP contribution in [-0.2, 0) is 16.1 Å². The number of carbonyl (C=O) groups is 1. The molecule has 7 nitrogen and oxygen atoms in total. The molecule has 0 spiro atoms. The van der Waals surface area contributed by atoms with E-state index in [0.717, 1.165) is 0 Å². The first-order chi connectivity index (χ1) is 7.56. The molecule has 0 bridgehead atoms. The van der Waals surface area contributed by atoms with Gasteiger partial charge in [0.2, 0.25) is 0 Å². The molecule has 1 aromatic rings. The number of alkyl halides is 1. The minimum atomic E-state index is -0.554. The van der Waals surface area contributed by atoms with Crippen LogP contribution in [-0.4, -0.2) is 32.9 Å². The first-order valence-electron chi connectivity index (χ1n) is 4.44. The van der Waals surface area contributed by atoms with E-state index in [2.05, 4.69) is 4.98 Å². The summed E-state index contributed by atoms with van der Waals surface area (Å²) in [7, 11) is 0. The highest BCUT2D eigenvalue weighted by Crippen LogP contribution is 2.12. The molecule has 0 aliphatic carbocycles. The second kappa shape index (κ2) is 5.45. The lowest BCUT2D eigenvalue weighted by atomic mass is 10.6. The summed E-state index contributed by atoms with van der Waals surface area (Å²) in [6, 6.07) is 0. The monoisotopic (exact) mass is 247 g/mol. The number of aryl methyl sites for hydroxylation is 1. The molecular formula is C8H10ClN3O4. The Hall–Kier alpha value is -1.63. The van der Waals surface area contributed by atoms with Crippen LogP contribution in [0, 0.1) is 17.0 Å². The number of aromatic nitrogens is 2. The lowest BCUT2D eigenvalue weighted by Gasteiger charge is -2.03. The second-order valence-corrected chi connectivity index (χ2v) is 3.19. The first kappa shape index (κ1) is 12.4. The molecule has 0 N–H and O–H groups in total. The third-order valence-corrected chi connectivity index (χ3v) is 2.13. The van der Waals surface area contributed by atoms with Gasteiger partial charge in [0.05, 0.1) is 0 Å². The Morgan fingerprint density at radius 3 is 3.00 bits per heavy atom. The topological polar surface area (TPSA) is 87.3 Å². The van der Waals surface area contributed by atoms with Gasteiger partial charge < -0.3 is 14.9 Å². The molecule has 0 unspecified atom stereocenters. The van der Waals surface area contributed by atoms with Gasteiger partial charge in [0.25, 0.3) is 0 Å². The number of esters is 1. The third kappa shape index (κ3) is 2.93. The quantitative estimate of drug-likeness (QED) is 0.334.